The van der Waals surface area contributed by atoms with Gasteiger partial charge >= 0.3 is 0 Å². The van der Waals surface area contributed by atoms with E-state index in [1.165, 1.54) is 0 Å². The first kappa shape index (κ1) is 14.3. The number of carbonyl (C=O) groups is 1. The van der Waals surface area contributed by atoms with E-state index in [0.29, 0.717) is 18.7 Å². The number of nitrogens with one attached hydrogen (secondary N) is 1. The van der Waals surface area contributed by atoms with Crippen LogP contribution in [0.15, 0.2) is 16.7 Å². The maximum Gasteiger partial charge on any atom is 0.267 e. The Morgan fingerprint density at radius 2 is 2.35 bits per heavy atom. The zero-order valence-corrected chi connectivity index (χ0v) is 11.8. The monoisotopic (exact) mass is 302 g/mol. The van der Waals surface area contributed by atoms with E-state index in [1.54, 1.807) is 6.92 Å². The van der Waals surface area contributed by atoms with Crippen LogP contribution in [0.3, 0.4) is 0 Å². The van der Waals surface area contributed by atoms with Crippen molar-refractivity contribution in [3.8, 4) is 0 Å². The molecule has 0 fully saturated rings. The van der Waals surface area contributed by atoms with Crippen LogP contribution in [-0.4, -0.2) is 28.2 Å². The topological polar surface area (TPSA) is 54.3 Å². The highest BCUT2D eigenvalue weighted by molar-refractivity contribution is 9.10. The number of nitrogens with zero attached hydrogens (tertiary/aromatic N) is 1. The van der Waals surface area contributed by atoms with Gasteiger partial charge < -0.3 is 15.0 Å². The summed E-state index contributed by atoms with van der Waals surface area (Å²) < 4.78 is 2.84. The van der Waals surface area contributed by atoms with E-state index in [1.807, 2.05) is 16.8 Å². The third kappa shape index (κ3) is 4.52. The van der Waals surface area contributed by atoms with Crippen molar-refractivity contribution in [2.75, 3.05) is 6.54 Å². The van der Waals surface area contributed by atoms with E-state index in [4.69, 9.17) is 5.11 Å². The summed E-state index contributed by atoms with van der Waals surface area (Å²) in [5, 5.41) is 11.9. The van der Waals surface area contributed by atoms with Crippen LogP contribution >= 0.6 is 15.9 Å². The van der Waals surface area contributed by atoms with Gasteiger partial charge in [0.2, 0.25) is 0 Å². The van der Waals surface area contributed by atoms with Crippen molar-refractivity contribution in [1.82, 2.24) is 9.88 Å². The number of aliphatic hydroxyl groups excluding tert-OH is 1. The van der Waals surface area contributed by atoms with Crippen LogP contribution < -0.4 is 5.32 Å². The molecule has 4 nitrogen and oxygen atoms in total. The summed E-state index contributed by atoms with van der Waals surface area (Å²) in [6.07, 6.45) is 3.08. The predicted molar refractivity (Wildman–Crippen MR) is 71.1 cm³/mol. The fraction of sp³-hybridized carbons (Fsp3) is 0.583. The smallest absolute Gasteiger partial charge is 0.267 e. The third-order valence-electron chi connectivity index (χ3n) is 2.41. The molecule has 0 aliphatic rings. The molecular weight excluding hydrogens is 284 g/mol. The van der Waals surface area contributed by atoms with Gasteiger partial charge in [-0.2, -0.15) is 0 Å². The van der Waals surface area contributed by atoms with Gasteiger partial charge in [-0.3, -0.25) is 4.79 Å². The molecule has 0 aromatic carbocycles. The minimum atomic E-state index is -0.385. The number of carbonyl (C=O) groups excluding carboxylic acids is 1. The average molecular weight is 303 g/mol. The highest BCUT2D eigenvalue weighted by Gasteiger charge is 2.12. The molecule has 1 rings (SSSR count). The summed E-state index contributed by atoms with van der Waals surface area (Å²) in [5.41, 5.74) is 0.657. The molecule has 0 radical (unpaired) electrons. The number of hydrogen-bond acceptors (Lipinski definition) is 2. The van der Waals surface area contributed by atoms with E-state index < -0.39 is 0 Å². The Morgan fingerprint density at radius 3 is 2.94 bits per heavy atom. The zero-order chi connectivity index (χ0) is 12.8. The fourth-order valence-corrected chi connectivity index (χ4v) is 2.04. The van der Waals surface area contributed by atoms with Crippen molar-refractivity contribution >= 4 is 21.8 Å². The number of hydrogen-bond donors (Lipinski definition) is 2. The predicted octanol–water partition coefficient (Wildman–Crippen LogP) is 2.16. The minimum Gasteiger partial charge on any atom is -0.393 e. The Bertz CT molecular complexity index is 375. The van der Waals surface area contributed by atoms with Crippen molar-refractivity contribution in [3.63, 3.8) is 0 Å². The highest BCUT2D eigenvalue weighted by Crippen LogP contribution is 2.15. The van der Waals surface area contributed by atoms with Crippen LogP contribution in [0.4, 0.5) is 0 Å². The number of rotatable bonds is 6. The van der Waals surface area contributed by atoms with E-state index >= 15 is 0 Å². The molecule has 17 heavy (non-hydrogen) atoms. The van der Waals surface area contributed by atoms with Crippen LogP contribution in [0.25, 0.3) is 0 Å². The molecule has 1 atom stereocenters. The van der Waals surface area contributed by atoms with E-state index in [-0.39, 0.29) is 12.0 Å². The lowest BCUT2D eigenvalue weighted by Crippen LogP contribution is -2.28. The Kier molecular flexibility index (Phi) is 5.71. The van der Waals surface area contributed by atoms with Gasteiger partial charge in [-0.15, -0.1) is 0 Å². The molecule has 2 N–H and O–H groups in total. The molecule has 0 bridgehead atoms. The lowest BCUT2D eigenvalue weighted by Gasteiger charge is -2.09. The molecule has 96 valence electrons. The maximum absolute atomic E-state index is 11.9. The molecule has 5 heteroatoms. The van der Waals surface area contributed by atoms with Crippen LogP contribution in [0.1, 0.15) is 37.2 Å². The van der Waals surface area contributed by atoms with E-state index in [0.717, 1.165) is 17.4 Å². The summed E-state index contributed by atoms with van der Waals surface area (Å²) in [7, 11) is 0. The van der Waals surface area contributed by atoms with Crippen LogP contribution in [-0.2, 0) is 6.54 Å². The second-order valence-electron chi connectivity index (χ2n) is 4.13. The van der Waals surface area contributed by atoms with Gasteiger partial charge in [-0.05, 0) is 41.8 Å². The normalized spacial score (nSPS) is 12.5. The highest BCUT2D eigenvalue weighted by atomic mass is 79.9. The quantitative estimate of drug-likeness (QED) is 0.846. The van der Waals surface area contributed by atoms with Crippen molar-refractivity contribution in [1.29, 1.82) is 0 Å². The lowest BCUT2D eigenvalue weighted by molar-refractivity contribution is 0.0936. The molecule has 1 amide bonds. The zero-order valence-electron chi connectivity index (χ0n) is 10.2. The van der Waals surface area contributed by atoms with Crippen LogP contribution in [0.5, 0.6) is 0 Å². The summed E-state index contributed by atoms with van der Waals surface area (Å²) in [6.45, 7) is 5.10. The molecule has 0 spiro atoms. The first-order chi connectivity index (χ1) is 8.04. The van der Waals surface area contributed by atoms with Gasteiger partial charge in [0, 0.05) is 23.8 Å². The van der Waals surface area contributed by atoms with Gasteiger partial charge in [-0.25, -0.2) is 0 Å². The van der Waals surface area contributed by atoms with E-state index in [2.05, 4.69) is 28.2 Å². The summed E-state index contributed by atoms with van der Waals surface area (Å²) >= 11 is 3.37. The average Bonchev–Trinajstić information content (AvgIpc) is 2.59. The number of aryl methyl sites for hydroxylation is 1. The number of aliphatic hydroxyl groups is 1. The molecule has 1 aromatic heterocycles. The first-order valence-electron chi connectivity index (χ1n) is 5.86. The van der Waals surface area contributed by atoms with Gasteiger partial charge in [0.25, 0.3) is 5.91 Å². The summed E-state index contributed by atoms with van der Waals surface area (Å²) in [4.78, 5) is 11.9. The number of amides is 1. The first-order valence-corrected chi connectivity index (χ1v) is 6.65. The van der Waals surface area contributed by atoms with Gasteiger partial charge in [-0.1, -0.05) is 6.92 Å². The van der Waals surface area contributed by atoms with Gasteiger partial charge in [0.1, 0.15) is 5.69 Å². The second-order valence-corrected chi connectivity index (χ2v) is 5.05. The van der Waals surface area contributed by atoms with Crippen molar-refractivity contribution in [2.24, 2.45) is 0 Å². The maximum atomic E-state index is 11.9. The fourth-order valence-electron chi connectivity index (χ4n) is 1.58. The molecule has 1 aromatic rings. The Balaban J connectivity index is 2.61. The molecule has 0 aliphatic heterocycles. The molecule has 0 saturated heterocycles. The lowest BCUT2D eigenvalue weighted by atomic mass is 10.3. The standard InChI is InChI=1S/C12H19BrN2O2/c1-3-6-15-8-10(13)7-11(15)12(17)14-5-4-9(2)16/h7-9,16H,3-6H2,1-2H3,(H,14,17). The SMILES string of the molecule is CCCn1cc(Br)cc1C(=O)NCCC(C)O. The van der Waals surface area contributed by atoms with Crippen molar-refractivity contribution in [3.05, 3.63) is 22.4 Å². The largest absolute Gasteiger partial charge is 0.393 e. The number of halogens is 1. The summed E-state index contributed by atoms with van der Waals surface area (Å²) in [6, 6.07) is 1.81. The van der Waals surface area contributed by atoms with Crippen molar-refractivity contribution < 1.29 is 9.90 Å². The van der Waals surface area contributed by atoms with Crippen LogP contribution in [0.2, 0.25) is 0 Å². The second kappa shape index (κ2) is 6.81. The van der Waals surface area contributed by atoms with Gasteiger partial charge in [0.05, 0.1) is 6.10 Å². The van der Waals surface area contributed by atoms with E-state index in [9.17, 15) is 4.79 Å². The van der Waals surface area contributed by atoms with Crippen molar-refractivity contribution in [2.45, 2.75) is 39.3 Å². The molecule has 0 saturated carbocycles. The molecule has 1 unspecified atom stereocenters. The number of aromatic nitrogens is 1. The Morgan fingerprint density at radius 1 is 1.65 bits per heavy atom. The third-order valence-corrected chi connectivity index (χ3v) is 2.84. The minimum absolute atomic E-state index is 0.0928. The molecule has 1 heterocycles. The van der Waals surface area contributed by atoms with Gasteiger partial charge in [0.15, 0.2) is 0 Å². The molecular formula is C12H19BrN2O2. The summed E-state index contributed by atoms with van der Waals surface area (Å²) in [5.74, 6) is -0.0928. The Labute approximate surface area is 110 Å². The molecule has 0 aliphatic carbocycles. The van der Waals surface area contributed by atoms with Crippen LogP contribution in [0, 0.1) is 0 Å². The Hall–Kier alpha value is -0.810.